The maximum Gasteiger partial charge on any atom is 0.317 e. The summed E-state index contributed by atoms with van der Waals surface area (Å²) in [5.41, 5.74) is -0.942. The topological polar surface area (TPSA) is 98.7 Å². The van der Waals surface area contributed by atoms with Crippen LogP contribution in [0, 0.1) is 11.3 Å². The summed E-state index contributed by atoms with van der Waals surface area (Å²) in [7, 11) is 3.12. The van der Waals surface area contributed by atoms with Gasteiger partial charge in [0, 0.05) is 27.2 Å². The van der Waals surface area contributed by atoms with Crippen molar-refractivity contribution in [2.45, 2.75) is 33.6 Å². The standard InChI is InChI=1S/C14H27N3O4/c1-6-14(7-2,12(19)20)9-16-13(21)17(5)8-10(3)11(18)15-4/h10H,6-9H2,1-5H3,(H,15,18)(H,16,21)(H,19,20). The molecule has 0 aliphatic carbocycles. The van der Waals surface area contributed by atoms with Gasteiger partial charge in [-0.05, 0) is 12.8 Å². The van der Waals surface area contributed by atoms with Crippen LogP contribution in [0.3, 0.4) is 0 Å². The summed E-state index contributed by atoms with van der Waals surface area (Å²) >= 11 is 0. The Kier molecular flexibility index (Phi) is 7.76. The summed E-state index contributed by atoms with van der Waals surface area (Å²) in [6.07, 6.45) is 0.884. The first kappa shape index (κ1) is 19.2. The molecule has 122 valence electrons. The molecule has 0 aromatic carbocycles. The minimum atomic E-state index is -0.942. The van der Waals surface area contributed by atoms with Crippen LogP contribution in [-0.4, -0.2) is 55.1 Å². The Morgan fingerprint density at radius 2 is 1.76 bits per heavy atom. The van der Waals surface area contributed by atoms with Crippen LogP contribution in [0.25, 0.3) is 0 Å². The highest BCUT2D eigenvalue weighted by atomic mass is 16.4. The van der Waals surface area contributed by atoms with Crippen LogP contribution in [0.1, 0.15) is 33.6 Å². The van der Waals surface area contributed by atoms with Gasteiger partial charge in [-0.25, -0.2) is 4.79 Å². The van der Waals surface area contributed by atoms with Crippen LogP contribution >= 0.6 is 0 Å². The lowest BCUT2D eigenvalue weighted by Crippen LogP contribution is -2.48. The number of nitrogens with one attached hydrogen (secondary N) is 2. The molecule has 3 N–H and O–H groups in total. The summed E-state index contributed by atoms with van der Waals surface area (Å²) in [6, 6.07) is -0.377. The second-order valence-electron chi connectivity index (χ2n) is 5.35. The Hall–Kier alpha value is -1.79. The average Bonchev–Trinajstić information content (AvgIpc) is 2.46. The van der Waals surface area contributed by atoms with Gasteiger partial charge in [0.15, 0.2) is 0 Å². The van der Waals surface area contributed by atoms with E-state index in [2.05, 4.69) is 10.6 Å². The first-order valence-corrected chi connectivity index (χ1v) is 7.18. The first-order valence-electron chi connectivity index (χ1n) is 7.18. The Morgan fingerprint density at radius 3 is 2.14 bits per heavy atom. The highest BCUT2D eigenvalue weighted by Gasteiger charge is 2.35. The van der Waals surface area contributed by atoms with Crippen molar-refractivity contribution in [3.8, 4) is 0 Å². The van der Waals surface area contributed by atoms with Gasteiger partial charge < -0.3 is 20.6 Å². The van der Waals surface area contributed by atoms with Gasteiger partial charge in [0.25, 0.3) is 0 Å². The Balaban J connectivity index is 4.55. The molecule has 0 fully saturated rings. The molecule has 0 aliphatic rings. The van der Waals surface area contributed by atoms with Crippen molar-refractivity contribution in [3.63, 3.8) is 0 Å². The number of carboxylic acid groups (broad SMARTS) is 1. The Labute approximate surface area is 126 Å². The van der Waals surface area contributed by atoms with Crippen LogP contribution in [0.5, 0.6) is 0 Å². The molecule has 3 amide bonds. The lowest BCUT2D eigenvalue weighted by atomic mass is 9.82. The zero-order valence-corrected chi connectivity index (χ0v) is 13.5. The number of amides is 3. The number of hydrogen-bond acceptors (Lipinski definition) is 3. The summed E-state index contributed by atoms with van der Waals surface area (Å²) in [5.74, 6) is -1.38. The van der Waals surface area contributed by atoms with E-state index in [0.717, 1.165) is 0 Å². The van der Waals surface area contributed by atoms with E-state index in [1.807, 2.05) is 0 Å². The fourth-order valence-corrected chi connectivity index (χ4v) is 2.08. The summed E-state index contributed by atoms with van der Waals surface area (Å²) in [5, 5.41) is 14.5. The van der Waals surface area contributed by atoms with Crippen molar-refractivity contribution >= 4 is 17.9 Å². The fourth-order valence-electron chi connectivity index (χ4n) is 2.08. The highest BCUT2D eigenvalue weighted by Crippen LogP contribution is 2.25. The van der Waals surface area contributed by atoms with Crippen molar-refractivity contribution in [3.05, 3.63) is 0 Å². The third-order valence-corrected chi connectivity index (χ3v) is 3.97. The second-order valence-corrected chi connectivity index (χ2v) is 5.35. The molecule has 1 unspecified atom stereocenters. The molecule has 7 heteroatoms. The molecule has 0 radical (unpaired) electrons. The summed E-state index contributed by atoms with van der Waals surface area (Å²) in [6.45, 7) is 5.65. The molecular formula is C14H27N3O4. The van der Waals surface area contributed by atoms with E-state index < -0.39 is 11.4 Å². The van der Waals surface area contributed by atoms with E-state index in [0.29, 0.717) is 12.8 Å². The molecule has 0 aromatic rings. The van der Waals surface area contributed by atoms with Crippen molar-refractivity contribution in [2.75, 3.05) is 27.2 Å². The maximum absolute atomic E-state index is 12.0. The third-order valence-electron chi connectivity index (χ3n) is 3.97. The smallest absolute Gasteiger partial charge is 0.317 e. The number of carbonyl (C=O) groups excluding carboxylic acids is 2. The molecule has 0 aliphatic heterocycles. The number of aliphatic carboxylic acids is 1. The molecule has 0 saturated carbocycles. The van der Waals surface area contributed by atoms with Gasteiger partial charge >= 0.3 is 12.0 Å². The number of hydrogen-bond donors (Lipinski definition) is 3. The molecule has 0 bridgehead atoms. The van der Waals surface area contributed by atoms with E-state index in [1.165, 1.54) is 4.90 Å². The zero-order valence-electron chi connectivity index (χ0n) is 13.5. The molecular weight excluding hydrogens is 274 g/mol. The van der Waals surface area contributed by atoms with Gasteiger partial charge in [-0.1, -0.05) is 20.8 Å². The lowest BCUT2D eigenvalue weighted by molar-refractivity contribution is -0.149. The fraction of sp³-hybridized carbons (Fsp3) is 0.786. The molecule has 0 spiro atoms. The third kappa shape index (κ3) is 5.24. The van der Waals surface area contributed by atoms with E-state index in [1.54, 1.807) is 34.9 Å². The van der Waals surface area contributed by atoms with Crippen LogP contribution in [0.15, 0.2) is 0 Å². The lowest BCUT2D eigenvalue weighted by Gasteiger charge is -2.28. The normalized spacial score (nSPS) is 12.4. The van der Waals surface area contributed by atoms with Gasteiger partial charge in [-0.2, -0.15) is 0 Å². The summed E-state index contributed by atoms with van der Waals surface area (Å²) < 4.78 is 0. The molecule has 0 saturated heterocycles. The van der Waals surface area contributed by atoms with Crippen LogP contribution in [0.4, 0.5) is 4.79 Å². The van der Waals surface area contributed by atoms with Crippen molar-refractivity contribution < 1.29 is 19.5 Å². The van der Waals surface area contributed by atoms with E-state index in [9.17, 15) is 19.5 Å². The zero-order chi connectivity index (χ0) is 16.6. The molecule has 7 nitrogen and oxygen atoms in total. The van der Waals surface area contributed by atoms with Crippen LogP contribution < -0.4 is 10.6 Å². The minimum Gasteiger partial charge on any atom is -0.481 e. The average molecular weight is 301 g/mol. The predicted molar refractivity (Wildman–Crippen MR) is 79.9 cm³/mol. The number of rotatable bonds is 8. The van der Waals surface area contributed by atoms with Crippen molar-refractivity contribution in [1.29, 1.82) is 0 Å². The Bertz CT molecular complexity index is 380. The highest BCUT2D eigenvalue weighted by molar-refractivity contribution is 5.80. The molecule has 0 heterocycles. The van der Waals surface area contributed by atoms with E-state index in [4.69, 9.17) is 0 Å². The molecule has 21 heavy (non-hydrogen) atoms. The van der Waals surface area contributed by atoms with E-state index >= 15 is 0 Å². The maximum atomic E-state index is 12.0. The van der Waals surface area contributed by atoms with Gasteiger partial charge in [-0.15, -0.1) is 0 Å². The summed E-state index contributed by atoms with van der Waals surface area (Å²) in [4.78, 5) is 36.1. The Morgan fingerprint density at radius 1 is 1.24 bits per heavy atom. The predicted octanol–water partition coefficient (Wildman–Crippen LogP) is 0.901. The molecule has 0 aromatic heterocycles. The molecule has 0 rings (SSSR count). The minimum absolute atomic E-state index is 0.0763. The number of carboxylic acids is 1. The van der Waals surface area contributed by atoms with Crippen molar-refractivity contribution in [2.24, 2.45) is 11.3 Å². The first-order chi connectivity index (χ1) is 9.73. The van der Waals surface area contributed by atoms with Crippen LogP contribution in [-0.2, 0) is 9.59 Å². The van der Waals surface area contributed by atoms with Gasteiger partial charge in [0.05, 0.1) is 11.3 Å². The quantitative estimate of drug-likeness (QED) is 0.620. The molecule has 1 atom stereocenters. The largest absolute Gasteiger partial charge is 0.481 e. The van der Waals surface area contributed by atoms with Crippen molar-refractivity contribution in [1.82, 2.24) is 15.5 Å². The number of carbonyl (C=O) groups is 3. The number of urea groups is 1. The monoisotopic (exact) mass is 301 g/mol. The van der Waals surface area contributed by atoms with Crippen LogP contribution in [0.2, 0.25) is 0 Å². The van der Waals surface area contributed by atoms with Gasteiger partial charge in [0.1, 0.15) is 0 Å². The number of nitrogens with zero attached hydrogens (tertiary/aromatic N) is 1. The van der Waals surface area contributed by atoms with E-state index in [-0.39, 0.29) is 30.9 Å². The van der Waals surface area contributed by atoms with Gasteiger partial charge in [0.2, 0.25) is 5.91 Å². The SMILES string of the molecule is CCC(CC)(CNC(=O)N(C)CC(C)C(=O)NC)C(=O)O. The second kappa shape index (κ2) is 8.49. The van der Waals surface area contributed by atoms with Gasteiger partial charge in [-0.3, -0.25) is 9.59 Å².